The number of ether oxygens (including phenoxy) is 1. The Bertz CT molecular complexity index is 1680. The van der Waals surface area contributed by atoms with E-state index >= 15 is 0 Å². The van der Waals surface area contributed by atoms with Crippen molar-refractivity contribution in [2.45, 2.75) is 13.8 Å². The number of hydrogen-bond acceptors (Lipinski definition) is 5. The van der Waals surface area contributed by atoms with Gasteiger partial charge in [-0.05, 0) is 96.8 Å². The van der Waals surface area contributed by atoms with Crippen molar-refractivity contribution in [1.29, 1.82) is 0 Å². The number of halogens is 4. The quantitative estimate of drug-likeness (QED) is 0.123. The fourth-order valence-corrected chi connectivity index (χ4v) is 5.31. The molecule has 5 nitrogen and oxygen atoms in total. The Labute approximate surface area is 284 Å². The van der Waals surface area contributed by atoms with Crippen LogP contribution in [0.5, 0.6) is 11.5 Å². The average Bonchev–Trinajstić information content (AvgIpc) is 3.04. The number of anilines is 2. The van der Waals surface area contributed by atoms with Gasteiger partial charge in [0.05, 0.1) is 10.1 Å². The lowest BCUT2D eigenvalue weighted by atomic mass is 10.0. The number of hydrogen-bond donors (Lipinski definition) is 0. The van der Waals surface area contributed by atoms with Crippen molar-refractivity contribution in [3.05, 3.63) is 128 Å². The molecule has 9 heteroatoms. The number of allylic oxidation sites excluding steroid dienone is 2. The lowest BCUT2D eigenvalue weighted by Crippen LogP contribution is -2.08. The Hall–Kier alpha value is -3.74. The first-order valence-electron chi connectivity index (χ1n) is 13.9. The Morgan fingerprint density at radius 1 is 0.511 bits per heavy atom. The van der Waals surface area contributed by atoms with Crippen molar-refractivity contribution in [2.75, 3.05) is 38.0 Å². The summed E-state index contributed by atoms with van der Waals surface area (Å²) >= 11 is 25.9. The highest BCUT2D eigenvalue weighted by molar-refractivity contribution is 6.61. The van der Waals surface area contributed by atoms with E-state index in [4.69, 9.17) is 51.1 Å². The maximum absolute atomic E-state index is 13.2. The Morgan fingerprint density at radius 3 is 1.11 bits per heavy atom. The lowest BCUT2D eigenvalue weighted by molar-refractivity contribution is 0.103. The van der Waals surface area contributed by atoms with Gasteiger partial charge in [0.15, 0.2) is 0 Å². The van der Waals surface area contributed by atoms with Gasteiger partial charge in [-0.25, -0.2) is 0 Å². The summed E-state index contributed by atoms with van der Waals surface area (Å²) in [6, 6.07) is 25.0. The predicted octanol–water partition coefficient (Wildman–Crippen LogP) is 10.3. The SMILES string of the molecule is Cc1cc(C(=O)/C(Cl)=C(\Cl)c2ccc(N(C)C)cc2)ccc1Oc1ccc(C(=O)/C(Cl)=C(\Cl)c2ccc(N(C)C)cc2)cc1C. The Kier molecular flexibility index (Phi) is 11.1. The molecule has 0 amide bonds. The molecule has 4 aromatic carbocycles. The minimum absolute atomic E-state index is 0.0724. The van der Waals surface area contributed by atoms with Crippen LogP contribution < -0.4 is 14.5 Å². The van der Waals surface area contributed by atoms with Crippen LogP contribution in [-0.4, -0.2) is 39.8 Å². The first kappa shape index (κ1) is 34.1. The van der Waals surface area contributed by atoms with Crippen LogP contribution in [0.1, 0.15) is 43.0 Å². The number of rotatable bonds is 10. The third-order valence-electron chi connectivity index (χ3n) is 7.15. The summed E-state index contributed by atoms with van der Waals surface area (Å²) in [6.07, 6.45) is 0. The van der Waals surface area contributed by atoms with Crippen LogP contribution in [0, 0.1) is 13.8 Å². The number of ketones is 2. The molecule has 0 heterocycles. The van der Waals surface area contributed by atoms with Gasteiger partial charge < -0.3 is 14.5 Å². The van der Waals surface area contributed by atoms with Crippen LogP contribution >= 0.6 is 46.4 Å². The van der Waals surface area contributed by atoms with Gasteiger partial charge in [-0.15, -0.1) is 0 Å². The summed E-state index contributed by atoms with van der Waals surface area (Å²) in [5.74, 6) is 0.288. The number of aryl methyl sites for hydroxylation is 2. The predicted molar refractivity (Wildman–Crippen MR) is 190 cm³/mol. The zero-order chi connectivity index (χ0) is 33.0. The van der Waals surface area contributed by atoms with Crippen molar-refractivity contribution >= 4 is 79.4 Å². The molecule has 0 bridgehead atoms. The van der Waals surface area contributed by atoms with Gasteiger partial charge in [0.2, 0.25) is 11.6 Å². The zero-order valence-electron chi connectivity index (χ0n) is 25.7. The van der Waals surface area contributed by atoms with Gasteiger partial charge >= 0.3 is 0 Å². The monoisotopic (exact) mass is 680 g/mol. The molecule has 0 radical (unpaired) electrons. The third kappa shape index (κ3) is 7.92. The Balaban J connectivity index is 1.50. The molecule has 4 rings (SSSR count). The minimum Gasteiger partial charge on any atom is -0.457 e. The van der Waals surface area contributed by atoms with Crippen LogP contribution in [0.2, 0.25) is 0 Å². The highest BCUT2D eigenvalue weighted by Crippen LogP contribution is 2.34. The van der Waals surface area contributed by atoms with E-state index in [9.17, 15) is 9.59 Å². The summed E-state index contributed by atoms with van der Waals surface area (Å²) < 4.78 is 6.15. The maximum Gasteiger partial charge on any atom is 0.205 e. The average molecular weight is 682 g/mol. The van der Waals surface area contributed by atoms with Crippen molar-refractivity contribution in [3.8, 4) is 11.5 Å². The van der Waals surface area contributed by atoms with Crippen LogP contribution in [0.4, 0.5) is 11.4 Å². The summed E-state index contributed by atoms with van der Waals surface area (Å²) in [5.41, 5.74) is 5.48. The summed E-state index contributed by atoms with van der Waals surface area (Å²) in [4.78, 5) is 30.3. The van der Waals surface area contributed by atoms with Crippen molar-refractivity contribution in [3.63, 3.8) is 0 Å². The molecule has 0 saturated carbocycles. The van der Waals surface area contributed by atoms with Crippen LogP contribution in [0.3, 0.4) is 0 Å². The molecular formula is C36H32Cl4N2O3. The first-order chi connectivity index (χ1) is 21.3. The van der Waals surface area contributed by atoms with E-state index in [2.05, 4.69) is 0 Å². The fraction of sp³-hybridized carbons (Fsp3) is 0.167. The summed E-state index contributed by atoms with van der Waals surface area (Å²) in [5, 5.41) is 0.205. The van der Waals surface area contributed by atoms with E-state index in [1.807, 2.05) is 100 Å². The smallest absolute Gasteiger partial charge is 0.205 e. The van der Waals surface area contributed by atoms with E-state index in [1.165, 1.54) is 0 Å². The number of carbonyl (C=O) groups excluding carboxylic acids is 2. The second-order valence-corrected chi connectivity index (χ2v) is 12.4. The largest absolute Gasteiger partial charge is 0.457 e. The highest BCUT2D eigenvalue weighted by atomic mass is 35.5. The third-order valence-corrected chi connectivity index (χ3v) is 8.88. The molecule has 0 N–H and O–H groups in total. The molecule has 0 fully saturated rings. The molecule has 0 spiro atoms. The van der Waals surface area contributed by atoms with Gasteiger partial charge in [-0.2, -0.15) is 0 Å². The van der Waals surface area contributed by atoms with E-state index < -0.39 is 11.6 Å². The van der Waals surface area contributed by atoms with E-state index in [0.29, 0.717) is 33.8 Å². The van der Waals surface area contributed by atoms with Gasteiger partial charge in [0.25, 0.3) is 0 Å². The normalized spacial score (nSPS) is 12.2. The standard InChI is InChI=1S/C36H32Cl4N2O3/c1-21-19-25(35(43)33(39)31(37)23-7-13-27(14-8-23)41(3)4)11-17-29(21)45-30-18-12-26(20-22(30)2)36(44)34(40)32(38)24-9-15-28(16-10-24)42(5)6/h7-20H,1-6H3/b33-31+,34-32+. The molecule has 0 aliphatic heterocycles. The van der Waals surface area contributed by atoms with Crippen LogP contribution in [-0.2, 0) is 0 Å². The molecule has 0 aromatic heterocycles. The molecule has 0 aliphatic carbocycles. The maximum atomic E-state index is 13.2. The van der Waals surface area contributed by atoms with E-state index in [0.717, 1.165) is 22.5 Å². The minimum atomic E-state index is -0.399. The molecule has 0 saturated heterocycles. The highest BCUT2D eigenvalue weighted by Gasteiger charge is 2.19. The lowest BCUT2D eigenvalue weighted by Gasteiger charge is -2.14. The van der Waals surface area contributed by atoms with Crippen molar-refractivity contribution in [1.82, 2.24) is 0 Å². The molecule has 0 atom stereocenters. The summed E-state index contributed by atoms with van der Waals surface area (Å²) in [7, 11) is 7.76. The van der Waals surface area contributed by atoms with Gasteiger partial charge in [0, 0.05) is 50.7 Å². The molecule has 0 unspecified atom stereocenters. The van der Waals surface area contributed by atoms with Gasteiger partial charge in [-0.3, -0.25) is 9.59 Å². The van der Waals surface area contributed by atoms with Crippen LogP contribution in [0.25, 0.3) is 10.1 Å². The topological polar surface area (TPSA) is 49.9 Å². The van der Waals surface area contributed by atoms with Crippen molar-refractivity contribution < 1.29 is 14.3 Å². The molecule has 232 valence electrons. The Morgan fingerprint density at radius 2 is 0.822 bits per heavy atom. The number of carbonyl (C=O) groups is 2. The molecule has 4 aromatic rings. The second kappa shape index (κ2) is 14.6. The first-order valence-corrected chi connectivity index (χ1v) is 15.4. The fourth-order valence-electron chi connectivity index (χ4n) is 4.45. The number of Topliss-reactive ketones (excluding diaryl/α,β-unsaturated/α-hetero) is 2. The number of benzene rings is 4. The zero-order valence-corrected chi connectivity index (χ0v) is 28.7. The van der Waals surface area contributed by atoms with Crippen LogP contribution in [0.15, 0.2) is 95.0 Å². The number of nitrogens with zero attached hydrogens (tertiary/aromatic N) is 2. The van der Waals surface area contributed by atoms with Gasteiger partial charge in [0.1, 0.15) is 21.6 Å². The van der Waals surface area contributed by atoms with E-state index in [1.54, 1.807) is 36.4 Å². The second-order valence-electron chi connectivity index (χ2n) is 10.9. The van der Waals surface area contributed by atoms with Crippen molar-refractivity contribution in [2.24, 2.45) is 0 Å². The van der Waals surface area contributed by atoms with Gasteiger partial charge in [-0.1, -0.05) is 70.7 Å². The molecular weight excluding hydrogens is 650 g/mol. The molecule has 0 aliphatic rings. The summed E-state index contributed by atoms with van der Waals surface area (Å²) in [6.45, 7) is 3.66. The van der Waals surface area contributed by atoms with E-state index in [-0.39, 0.29) is 20.1 Å². The molecule has 45 heavy (non-hydrogen) atoms.